The van der Waals surface area contributed by atoms with Crippen LogP contribution in [0, 0.1) is 6.92 Å². The second kappa shape index (κ2) is 4.93. The lowest BCUT2D eigenvalue weighted by atomic mass is 10.2. The predicted octanol–water partition coefficient (Wildman–Crippen LogP) is 1.81. The number of thioether (sulfide) groups is 1. The maximum Gasteiger partial charge on any atom is 0.279 e. The van der Waals surface area contributed by atoms with E-state index in [1.807, 2.05) is 0 Å². The van der Waals surface area contributed by atoms with Crippen LogP contribution in [0.2, 0.25) is 5.15 Å². The van der Waals surface area contributed by atoms with Gasteiger partial charge >= 0.3 is 0 Å². The molecule has 1 unspecified atom stereocenters. The van der Waals surface area contributed by atoms with Crippen molar-refractivity contribution in [1.82, 2.24) is 10.3 Å². The Bertz CT molecular complexity index is 481. The number of amides is 2. The molecule has 2 rings (SSSR count). The Labute approximate surface area is 107 Å². The summed E-state index contributed by atoms with van der Waals surface area (Å²) in [6.07, 6.45) is 1.48. The normalized spacial score (nSPS) is 18.9. The number of nitrogens with one attached hydrogen (secondary N) is 2. The van der Waals surface area contributed by atoms with Crippen LogP contribution in [-0.4, -0.2) is 27.9 Å². The quantitative estimate of drug-likeness (QED) is 0.805. The van der Waals surface area contributed by atoms with Gasteiger partial charge in [-0.25, -0.2) is 4.98 Å². The van der Waals surface area contributed by atoms with Crippen LogP contribution in [0.1, 0.15) is 5.56 Å². The minimum Gasteiger partial charge on any atom is -0.334 e. The van der Waals surface area contributed by atoms with E-state index in [0.717, 1.165) is 17.3 Å². The van der Waals surface area contributed by atoms with Crippen molar-refractivity contribution in [2.24, 2.45) is 0 Å². The summed E-state index contributed by atoms with van der Waals surface area (Å²) in [6.45, 7) is 1.80. The highest BCUT2D eigenvalue weighted by atomic mass is 35.5. The Kier molecular flexibility index (Phi) is 3.54. The smallest absolute Gasteiger partial charge is 0.279 e. The zero-order chi connectivity index (χ0) is 12.4. The number of carbonyl (C=O) groups is 2. The summed E-state index contributed by atoms with van der Waals surface area (Å²) in [5, 5.41) is 5.49. The number of rotatable bonds is 2. The highest BCUT2D eigenvalue weighted by Crippen LogP contribution is 2.18. The van der Waals surface area contributed by atoms with Crippen molar-refractivity contribution in [1.29, 1.82) is 0 Å². The topological polar surface area (TPSA) is 71.1 Å². The molecular formula is C10H10ClN3O2S. The van der Waals surface area contributed by atoms with Crippen molar-refractivity contribution < 1.29 is 9.59 Å². The SMILES string of the molecule is Cc1cc(NC(=O)C2CSC(=O)N2)cnc1Cl. The molecule has 2 N–H and O–H groups in total. The highest BCUT2D eigenvalue weighted by Gasteiger charge is 2.27. The average molecular weight is 272 g/mol. The molecule has 1 saturated heterocycles. The van der Waals surface area contributed by atoms with Crippen molar-refractivity contribution in [2.45, 2.75) is 13.0 Å². The number of aromatic nitrogens is 1. The first-order valence-corrected chi connectivity index (χ1v) is 6.29. The Morgan fingerprint density at radius 1 is 1.71 bits per heavy atom. The molecule has 1 aliphatic heterocycles. The first kappa shape index (κ1) is 12.2. The van der Waals surface area contributed by atoms with E-state index >= 15 is 0 Å². The van der Waals surface area contributed by atoms with Gasteiger partial charge in [0.2, 0.25) is 5.91 Å². The summed E-state index contributed by atoms with van der Waals surface area (Å²) in [4.78, 5) is 26.6. The van der Waals surface area contributed by atoms with Crippen molar-refractivity contribution in [2.75, 3.05) is 11.1 Å². The molecule has 0 radical (unpaired) electrons. The standard InChI is InChI=1S/C10H10ClN3O2S/c1-5-2-6(3-12-8(5)11)13-9(15)7-4-17-10(16)14-7/h2-3,7H,4H2,1H3,(H,13,15)(H,14,16). The molecule has 0 aliphatic carbocycles. The minimum atomic E-state index is -0.483. The molecular weight excluding hydrogens is 262 g/mol. The van der Waals surface area contributed by atoms with E-state index in [4.69, 9.17) is 11.6 Å². The largest absolute Gasteiger partial charge is 0.334 e. The van der Waals surface area contributed by atoms with E-state index in [1.54, 1.807) is 13.0 Å². The first-order valence-electron chi connectivity index (χ1n) is 4.92. The second-order valence-corrected chi connectivity index (χ2v) is 4.97. The third-order valence-electron chi connectivity index (χ3n) is 2.27. The number of pyridine rings is 1. The van der Waals surface area contributed by atoms with Crippen LogP contribution in [0.3, 0.4) is 0 Å². The van der Waals surface area contributed by atoms with Crippen molar-refractivity contribution in [3.63, 3.8) is 0 Å². The van der Waals surface area contributed by atoms with Gasteiger partial charge in [0.1, 0.15) is 11.2 Å². The number of aryl methyl sites for hydroxylation is 1. The van der Waals surface area contributed by atoms with Crippen LogP contribution in [0.4, 0.5) is 10.5 Å². The van der Waals surface area contributed by atoms with Gasteiger partial charge in [-0.15, -0.1) is 0 Å². The zero-order valence-corrected chi connectivity index (χ0v) is 10.6. The molecule has 17 heavy (non-hydrogen) atoms. The van der Waals surface area contributed by atoms with E-state index in [0.29, 0.717) is 16.6 Å². The van der Waals surface area contributed by atoms with Gasteiger partial charge in [-0.3, -0.25) is 9.59 Å². The van der Waals surface area contributed by atoms with Crippen molar-refractivity contribution in [3.05, 3.63) is 23.0 Å². The molecule has 90 valence electrons. The highest BCUT2D eigenvalue weighted by molar-refractivity contribution is 8.14. The summed E-state index contributed by atoms with van der Waals surface area (Å²) < 4.78 is 0. The lowest BCUT2D eigenvalue weighted by molar-refractivity contribution is -0.117. The molecule has 1 aromatic heterocycles. The lowest BCUT2D eigenvalue weighted by Crippen LogP contribution is -2.38. The summed E-state index contributed by atoms with van der Waals surface area (Å²) in [6, 6.07) is 1.25. The molecule has 0 saturated carbocycles. The molecule has 0 aromatic carbocycles. The van der Waals surface area contributed by atoms with E-state index in [-0.39, 0.29) is 11.1 Å². The molecule has 1 fully saturated rings. The summed E-state index contributed by atoms with van der Waals surface area (Å²) in [5.41, 5.74) is 1.36. The van der Waals surface area contributed by atoms with Gasteiger partial charge in [0.15, 0.2) is 0 Å². The van der Waals surface area contributed by atoms with Gasteiger partial charge in [-0.1, -0.05) is 23.4 Å². The fourth-order valence-corrected chi connectivity index (χ4v) is 2.26. The summed E-state index contributed by atoms with van der Waals surface area (Å²) >= 11 is 6.88. The van der Waals surface area contributed by atoms with Gasteiger partial charge in [0.05, 0.1) is 11.9 Å². The van der Waals surface area contributed by atoms with Crippen molar-refractivity contribution in [3.8, 4) is 0 Å². The zero-order valence-electron chi connectivity index (χ0n) is 8.99. The molecule has 7 heteroatoms. The Morgan fingerprint density at radius 3 is 3.06 bits per heavy atom. The minimum absolute atomic E-state index is 0.171. The van der Waals surface area contributed by atoms with Crippen LogP contribution >= 0.6 is 23.4 Å². The number of nitrogens with zero attached hydrogens (tertiary/aromatic N) is 1. The van der Waals surface area contributed by atoms with Gasteiger partial charge in [0.25, 0.3) is 5.24 Å². The third kappa shape index (κ3) is 2.89. The van der Waals surface area contributed by atoms with E-state index in [9.17, 15) is 9.59 Å². The third-order valence-corrected chi connectivity index (χ3v) is 3.55. The molecule has 1 aromatic rings. The van der Waals surface area contributed by atoms with Crippen LogP contribution < -0.4 is 10.6 Å². The summed E-state index contributed by atoms with van der Waals surface area (Å²) in [5.74, 6) is 0.205. The fraction of sp³-hybridized carbons (Fsp3) is 0.300. The Balaban J connectivity index is 2.03. The first-order chi connectivity index (χ1) is 8.06. The Hall–Kier alpha value is -1.27. The molecule has 0 bridgehead atoms. The Morgan fingerprint density at radius 2 is 2.47 bits per heavy atom. The van der Waals surface area contributed by atoms with Crippen LogP contribution in [-0.2, 0) is 4.79 Å². The van der Waals surface area contributed by atoms with Crippen LogP contribution in [0.15, 0.2) is 12.3 Å². The number of hydrogen-bond acceptors (Lipinski definition) is 4. The number of hydrogen-bond donors (Lipinski definition) is 2. The van der Waals surface area contributed by atoms with Gasteiger partial charge in [-0.2, -0.15) is 0 Å². The van der Waals surface area contributed by atoms with Gasteiger partial charge in [-0.05, 0) is 18.6 Å². The van der Waals surface area contributed by atoms with E-state index < -0.39 is 6.04 Å². The number of anilines is 1. The maximum atomic E-state index is 11.8. The second-order valence-electron chi connectivity index (χ2n) is 3.62. The van der Waals surface area contributed by atoms with Crippen molar-refractivity contribution >= 4 is 40.2 Å². The molecule has 2 heterocycles. The van der Waals surface area contributed by atoms with Crippen LogP contribution in [0.25, 0.3) is 0 Å². The number of halogens is 1. The average Bonchev–Trinajstić information content (AvgIpc) is 2.70. The van der Waals surface area contributed by atoms with E-state index in [1.165, 1.54) is 6.20 Å². The van der Waals surface area contributed by atoms with Gasteiger partial charge in [0, 0.05) is 5.75 Å². The molecule has 0 spiro atoms. The molecule has 1 atom stereocenters. The lowest BCUT2D eigenvalue weighted by Gasteiger charge is -2.10. The molecule has 5 nitrogen and oxygen atoms in total. The predicted molar refractivity (Wildman–Crippen MR) is 67.4 cm³/mol. The van der Waals surface area contributed by atoms with Gasteiger partial charge < -0.3 is 10.6 Å². The fourth-order valence-electron chi connectivity index (χ4n) is 1.38. The maximum absolute atomic E-state index is 11.8. The van der Waals surface area contributed by atoms with Crippen LogP contribution in [0.5, 0.6) is 0 Å². The molecule has 1 aliphatic rings. The molecule has 2 amide bonds. The van der Waals surface area contributed by atoms with E-state index in [2.05, 4.69) is 15.6 Å². The monoisotopic (exact) mass is 271 g/mol. The number of carbonyl (C=O) groups excluding carboxylic acids is 2. The summed E-state index contributed by atoms with van der Waals surface area (Å²) in [7, 11) is 0.